The number of nitrogens with one attached hydrogen (secondary N) is 2. The fraction of sp³-hybridized carbons (Fsp3) is 0.592. The van der Waals surface area contributed by atoms with Crippen LogP contribution >= 0.6 is 0 Å². The minimum atomic E-state index is -2.29. The second-order valence-electron chi connectivity index (χ2n) is 19.5. The highest BCUT2D eigenvalue weighted by Crippen LogP contribution is 2.57. The van der Waals surface area contributed by atoms with Crippen LogP contribution in [0.25, 0.3) is 22.2 Å². The van der Waals surface area contributed by atoms with Gasteiger partial charge in [0.25, 0.3) is 11.8 Å². The molecule has 3 aromatic rings. The molecule has 3 saturated heterocycles. The van der Waals surface area contributed by atoms with E-state index in [2.05, 4.69) is 71.8 Å². The van der Waals surface area contributed by atoms with Gasteiger partial charge in [-0.15, -0.1) is 0 Å². The minimum absolute atomic E-state index is 0.0339. The number of aryl methyl sites for hydroxylation is 1. The number of piperidine rings is 1. The predicted octanol–water partition coefficient (Wildman–Crippen LogP) is 4.67. The van der Waals surface area contributed by atoms with Crippen LogP contribution in [-0.2, 0) is 44.7 Å². The molecular weight excluding hydrogens is 848 g/mol. The number of methoxy groups -OCH3 is 1. The number of amides is 4. The van der Waals surface area contributed by atoms with Crippen LogP contribution in [0, 0.1) is 11.3 Å². The van der Waals surface area contributed by atoms with Crippen molar-refractivity contribution < 1.29 is 42.6 Å². The summed E-state index contributed by atoms with van der Waals surface area (Å²) in [6.45, 7) is 15.8. The van der Waals surface area contributed by atoms with Crippen LogP contribution in [0.2, 0.25) is 0 Å². The first-order valence-corrected chi connectivity index (χ1v) is 23.4. The number of alkyl halides is 1. The second-order valence-corrected chi connectivity index (χ2v) is 19.5. The third-order valence-electron chi connectivity index (χ3n) is 14.5. The maximum absolute atomic E-state index is 16.4. The van der Waals surface area contributed by atoms with Gasteiger partial charge in [-0.3, -0.25) is 34.0 Å². The lowest BCUT2D eigenvalue weighted by Crippen LogP contribution is -2.63. The number of rotatable bonds is 8. The molecule has 6 heterocycles. The molecule has 6 bridgehead atoms. The van der Waals surface area contributed by atoms with Gasteiger partial charge in [-0.1, -0.05) is 34.3 Å². The van der Waals surface area contributed by atoms with Gasteiger partial charge in [-0.25, -0.2) is 9.82 Å². The zero-order chi connectivity index (χ0) is 47.2. The summed E-state index contributed by atoms with van der Waals surface area (Å²) in [6, 6.07) is 7.40. The number of hydrogen-bond acceptors (Lipinski definition) is 11. The molecule has 17 heteroatoms. The molecule has 0 radical (unpaired) electrons. The first-order chi connectivity index (χ1) is 31.5. The van der Waals surface area contributed by atoms with E-state index in [1.165, 1.54) is 17.0 Å². The molecule has 356 valence electrons. The number of benzene rings is 1. The van der Waals surface area contributed by atoms with Crippen LogP contribution in [0.1, 0.15) is 90.0 Å². The van der Waals surface area contributed by atoms with Gasteiger partial charge in [0.2, 0.25) is 11.8 Å². The second kappa shape index (κ2) is 18.7. The Morgan fingerprint density at radius 3 is 2.59 bits per heavy atom. The van der Waals surface area contributed by atoms with Crippen molar-refractivity contribution in [3.8, 4) is 11.3 Å². The van der Waals surface area contributed by atoms with Crippen molar-refractivity contribution in [3.63, 3.8) is 0 Å². The molecule has 1 aliphatic carbocycles. The van der Waals surface area contributed by atoms with Crippen molar-refractivity contribution in [1.82, 2.24) is 35.1 Å². The monoisotopic (exact) mass is 912 g/mol. The number of hydrogen-bond donors (Lipinski definition) is 2. The maximum Gasteiger partial charge on any atom is 0.324 e. The van der Waals surface area contributed by atoms with E-state index in [4.69, 9.17) is 19.2 Å². The molecule has 0 saturated carbocycles. The summed E-state index contributed by atoms with van der Waals surface area (Å²) < 4.78 is 37.7. The number of pyridine rings is 1. The van der Waals surface area contributed by atoms with Crippen molar-refractivity contribution in [3.05, 3.63) is 60.4 Å². The quantitative estimate of drug-likeness (QED) is 0.238. The minimum Gasteiger partial charge on any atom is -0.464 e. The molecule has 2 aromatic heterocycles. The number of nitrogens with zero attached hydrogens (tertiary/aromatic N) is 6. The Labute approximate surface area is 386 Å². The predicted molar refractivity (Wildman–Crippen MR) is 246 cm³/mol. The number of cyclic esters (lactones) is 1. The molecule has 4 aliphatic heterocycles. The zero-order valence-electron chi connectivity index (χ0n) is 39.3. The lowest BCUT2D eigenvalue weighted by molar-refractivity contribution is -0.157. The SMILES string of the molecule is C=CC(=O)N1CCC(F)(C(=O)N(C)[C@H](C(=O)NC2C[C@H]3CN(CCO3)c3ccc4c(c3)c3c(n4CC)-c4cccnc4[C@@H](OC)C3C(C)(C)COC(=O)[C@@H]3CCCN(N3)C2=O)C(C)C)CC1. The molecule has 8 rings (SSSR count). The molecule has 0 spiro atoms. The molecule has 5 aliphatic rings. The highest BCUT2D eigenvalue weighted by Gasteiger charge is 2.49. The maximum atomic E-state index is 16.4. The number of hydrazine groups is 1. The largest absolute Gasteiger partial charge is 0.464 e. The van der Waals surface area contributed by atoms with Crippen LogP contribution in [0.15, 0.2) is 49.2 Å². The Hall–Kier alpha value is -5.39. The topological polar surface area (TPSA) is 168 Å². The van der Waals surface area contributed by atoms with E-state index < -0.39 is 71.0 Å². The molecule has 6 atom stereocenters. The fourth-order valence-electron chi connectivity index (χ4n) is 11.1. The number of aromatic nitrogens is 2. The van der Waals surface area contributed by atoms with Crippen LogP contribution < -0.4 is 15.6 Å². The van der Waals surface area contributed by atoms with Crippen molar-refractivity contribution in [2.75, 3.05) is 65.0 Å². The van der Waals surface area contributed by atoms with Gasteiger partial charge in [0, 0.05) is 112 Å². The van der Waals surface area contributed by atoms with Crippen molar-refractivity contribution in [2.45, 2.75) is 115 Å². The van der Waals surface area contributed by atoms with Crippen LogP contribution in [0.5, 0.6) is 0 Å². The Bertz CT molecular complexity index is 2380. The van der Waals surface area contributed by atoms with Crippen LogP contribution in [-0.4, -0.2) is 144 Å². The van der Waals surface area contributed by atoms with E-state index in [9.17, 15) is 24.0 Å². The van der Waals surface area contributed by atoms with Crippen LogP contribution in [0.4, 0.5) is 10.1 Å². The van der Waals surface area contributed by atoms with E-state index in [0.717, 1.165) is 50.1 Å². The number of halogens is 1. The number of anilines is 1. The van der Waals surface area contributed by atoms with Gasteiger partial charge in [0.05, 0.1) is 30.7 Å². The van der Waals surface area contributed by atoms with E-state index >= 15 is 4.39 Å². The fourth-order valence-corrected chi connectivity index (χ4v) is 11.1. The zero-order valence-corrected chi connectivity index (χ0v) is 39.3. The van der Waals surface area contributed by atoms with E-state index in [1.54, 1.807) is 27.2 Å². The van der Waals surface area contributed by atoms with Crippen molar-refractivity contribution in [1.29, 1.82) is 0 Å². The highest BCUT2D eigenvalue weighted by atomic mass is 19.1. The van der Waals surface area contributed by atoms with E-state index in [0.29, 0.717) is 39.1 Å². The number of carbonyl (C=O) groups excluding carboxylic acids is 5. The molecule has 2 N–H and O–H groups in total. The Kier molecular flexibility index (Phi) is 13.4. The normalized spacial score (nSPS) is 25.7. The summed E-state index contributed by atoms with van der Waals surface area (Å²) in [5, 5.41) is 5.41. The molecule has 1 aromatic carbocycles. The molecule has 2 unspecified atom stereocenters. The summed E-state index contributed by atoms with van der Waals surface area (Å²) >= 11 is 0. The van der Waals surface area contributed by atoms with Gasteiger partial charge in [0.15, 0.2) is 5.67 Å². The van der Waals surface area contributed by atoms with Crippen LogP contribution in [0.3, 0.4) is 0 Å². The lowest BCUT2D eigenvalue weighted by atomic mass is 9.67. The lowest BCUT2D eigenvalue weighted by Gasteiger charge is -2.43. The standard InChI is InChI=1S/C49H65FN8O8/c1-9-37(59)55-21-17-49(50,18-22-55)47(63)54(7)41(29(3)4)44(60)52-35-26-31-27-56(23-24-65-31)30-15-16-36-33(25-30)38-39(43(64-8)40-32(13-11-19-51-40)42(38)57(36)10-2)48(5,6)28-66-46(62)34-14-12-20-58(53-34)45(35)61/h9,11,13,15-16,19,25,29,31,34-35,39,41,43,53H,1,10,12,14,17-18,20-24,26-28H2,2-8H3,(H,52,60)/t31-,34-,35?,39?,41-,43-/m0/s1. The van der Waals surface area contributed by atoms with Gasteiger partial charge in [-0.05, 0) is 67.7 Å². The molecule has 3 fully saturated rings. The number of morpholine rings is 1. The number of fused-ring (bicyclic) bond motifs is 8. The van der Waals surface area contributed by atoms with Gasteiger partial charge in [-0.2, -0.15) is 0 Å². The van der Waals surface area contributed by atoms with E-state index in [-0.39, 0.29) is 57.3 Å². The first kappa shape index (κ1) is 47.1. The number of ether oxygens (including phenoxy) is 3. The average molecular weight is 913 g/mol. The molecule has 66 heavy (non-hydrogen) atoms. The Morgan fingerprint density at radius 1 is 1.14 bits per heavy atom. The molecule has 4 amide bonds. The Balaban J connectivity index is 1.14. The summed E-state index contributed by atoms with van der Waals surface area (Å²) in [5.41, 5.74) is 6.22. The summed E-state index contributed by atoms with van der Waals surface area (Å²) in [4.78, 5) is 79.2. The van der Waals surface area contributed by atoms with Crippen molar-refractivity contribution >= 4 is 46.2 Å². The van der Waals surface area contributed by atoms with Gasteiger partial charge in [0.1, 0.15) is 24.2 Å². The number of carbonyl (C=O) groups is 5. The molecule has 16 nitrogen and oxygen atoms in total. The summed E-state index contributed by atoms with van der Waals surface area (Å²) in [7, 11) is 3.11. The number of likely N-dealkylation sites (N-methyl/N-ethyl adjacent to an activating group) is 1. The smallest absolute Gasteiger partial charge is 0.324 e. The number of likely N-dealkylation sites (tertiary alicyclic amines) is 1. The van der Waals surface area contributed by atoms with E-state index in [1.807, 2.05) is 6.07 Å². The summed E-state index contributed by atoms with van der Waals surface area (Å²) in [6.07, 6.45) is 2.55. The highest BCUT2D eigenvalue weighted by molar-refractivity contribution is 5.97. The number of esters is 1. The van der Waals surface area contributed by atoms with Gasteiger partial charge < -0.3 is 38.8 Å². The van der Waals surface area contributed by atoms with Gasteiger partial charge >= 0.3 is 5.97 Å². The molecular formula is C49H65FN8O8. The first-order valence-electron chi connectivity index (χ1n) is 23.4. The van der Waals surface area contributed by atoms with Crippen molar-refractivity contribution in [2.24, 2.45) is 11.3 Å². The Morgan fingerprint density at radius 2 is 1.89 bits per heavy atom. The summed E-state index contributed by atoms with van der Waals surface area (Å²) in [5.74, 6) is -3.53. The average Bonchev–Trinajstić information content (AvgIpc) is 3.65. The third-order valence-corrected chi connectivity index (χ3v) is 14.5. The third kappa shape index (κ3) is 8.58.